The number of hydrogen-bond acceptors (Lipinski definition) is 4. The van der Waals surface area contributed by atoms with Gasteiger partial charge in [-0.25, -0.2) is 0 Å². The summed E-state index contributed by atoms with van der Waals surface area (Å²) < 4.78 is 18.2. The van der Waals surface area contributed by atoms with Crippen molar-refractivity contribution in [3.8, 4) is 0 Å². The number of hydrogen-bond donors (Lipinski definition) is 0. The van der Waals surface area contributed by atoms with Crippen LogP contribution >= 0.6 is 11.3 Å². The Morgan fingerprint density at radius 1 is 1.17 bits per heavy atom. The predicted octanol–water partition coefficient (Wildman–Crippen LogP) is 6.79. The second kappa shape index (κ2) is 12.5. The number of unbranched alkanes of at least 4 members (excludes halogenated alkanes) is 3. The third-order valence-corrected chi connectivity index (χ3v) is 21.6. The molecule has 1 aromatic rings. The molecule has 1 aromatic heterocycles. The normalized spacial score (nSPS) is 21.0. The average molecular weight is 527 g/mol. The molecule has 1 unspecified atom stereocenters. The molecule has 1 aliphatic rings. The number of ether oxygens (including phenoxy) is 2. The molecule has 2 rings (SSSR count). The van der Waals surface area contributed by atoms with Crippen LogP contribution in [-0.2, 0) is 20.7 Å². The maximum absolute atomic E-state index is 13.1. The summed E-state index contributed by atoms with van der Waals surface area (Å²) in [4.78, 5) is 14.3. The van der Waals surface area contributed by atoms with Gasteiger partial charge in [0.2, 0.25) is 0 Å². The SMILES string of the molecule is CCC[CH2][Sn](/[CH]=C1/COCC1(Cc1cccs1)C(=O)OC)([CH2]CCC)[CH2]CCC. The van der Waals surface area contributed by atoms with E-state index in [9.17, 15) is 4.79 Å². The molecule has 1 atom stereocenters. The van der Waals surface area contributed by atoms with E-state index < -0.39 is 23.8 Å². The van der Waals surface area contributed by atoms with Crippen LogP contribution in [-0.4, -0.2) is 44.7 Å². The zero-order chi connectivity index (χ0) is 21.2. The number of methoxy groups -OCH3 is 1. The summed E-state index contributed by atoms with van der Waals surface area (Å²) in [7, 11) is 1.52. The number of thiophene rings is 1. The third kappa shape index (κ3) is 6.57. The van der Waals surface area contributed by atoms with Gasteiger partial charge in [-0.3, -0.25) is 0 Å². The first-order chi connectivity index (χ1) is 14.1. The molecule has 5 heteroatoms. The van der Waals surface area contributed by atoms with Crippen molar-refractivity contribution in [3.05, 3.63) is 32.1 Å². The number of esters is 1. The molecular weight excluding hydrogens is 487 g/mol. The first-order valence-electron chi connectivity index (χ1n) is 11.5. The van der Waals surface area contributed by atoms with Gasteiger partial charge >= 0.3 is 187 Å². The summed E-state index contributed by atoms with van der Waals surface area (Å²) in [5.41, 5.74) is 0.628. The first kappa shape index (κ1) is 24.9. The second-order valence-corrected chi connectivity index (χ2v) is 22.6. The average Bonchev–Trinajstić information content (AvgIpc) is 3.39. The Bertz CT molecular complexity index is 619. The Hall–Kier alpha value is -0.331. The van der Waals surface area contributed by atoms with Crippen LogP contribution in [0.4, 0.5) is 0 Å². The summed E-state index contributed by atoms with van der Waals surface area (Å²) in [6.45, 7) is 7.97. The molecule has 0 amide bonds. The molecule has 1 saturated heterocycles. The fourth-order valence-corrected chi connectivity index (χ4v) is 21.0. The molecule has 0 N–H and O–H groups in total. The van der Waals surface area contributed by atoms with Crippen LogP contribution in [0.15, 0.2) is 27.2 Å². The van der Waals surface area contributed by atoms with Gasteiger partial charge in [-0.2, -0.15) is 0 Å². The van der Waals surface area contributed by atoms with Gasteiger partial charge in [0, 0.05) is 0 Å². The van der Waals surface area contributed by atoms with Crippen LogP contribution in [0.5, 0.6) is 0 Å². The molecular formula is C24H40O3SSn. The molecule has 0 bridgehead atoms. The summed E-state index contributed by atoms with van der Waals surface area (Å²) >= 11 is -0.808. The van der Waals surface area contributed by atoms with Gasteiger partial charge < -0.3 is 0 Å². The zero-order valence-corrected chi connectivity index (χ0v) is 22.6. The van der Waals surface area contributed by atoms with Crippen LogP contribution in [0, 0.1) is 5.41 Å². The number of carbonyl (C=O) groups excluding carboxylic acids is 1. The van der Waals surface area contributed by atoms with Gasteiger partial charge in [0.15, 0.2) is 0 Å². The van der Waals surface area contributed by atoms with E-state index in [2.05, 4.69) is 42.4 Å². The number of rotatable bonds is 13. The van der Waals surface area contributed by atoms with Crippen molar-refractivity contribution >= 4 is 35.7 Å². The van der Waals surface area contributed by atoms with Crippen LogP contribution < -0.4 is 0 Å². The third-order valence-electron chi connectivity index (χ3n) is 6.42. The zero-order valence-electron chi connectivity index (χ0n) is 18.9. The molecule has 29 heavy (non-hydrogen) atoms. The van der Waals surface area contributed by atoms with Crippen molar-refractivity contribution in [1.29, 1.82) is 0 Å². The fraction of sp³-hybridized carbons (Fsp3) is 0.708. The van der Waals surface area contributed by atoms with Crippen molar-refractivity contribution in [2.45, 2.75) is 79.0 Å². The standard InChI is InChI=1S/C12H13O3S.3C4H9.Sn/c1-9-7-15-8-12(9,11(13)14-2)6-10-4-3-5-16-10;3*1-3-4-2;/h1,3-5H,6-8H2,2H3;3*1,3-4H2,2H3;. The van der Waals surface area contributed by atoms with Crippen LogP contribution in [0.2, 0.25) is 13.3 Å². The van der Waals surface area contributed by atoms with Crippen molar-refractivity contribution in [3.63, 3.8) is 0 Å². The van der Waals surface area contributed by atoms with Crippen molar-refractivity contribution < 1.29 is 14.3 Å². The number of carbonyl (C=O) groups is 1. The molecule has 1 aliphatic heterocycles. The van der Waals surface area contributed by atoms with E-state index in [-0.39, 0.29) is 5.97 Å². The van der Waals surface area contributed by atoms with Crippen molar-refractivity contribution in [2.24, 2.45) is 5.41 Å². The summed E-state index contributed by atoms with van der Waals surface area (Å²) in [5.74, 6) is -0.115. The summed E-state index contributed by atoms with van der Waals surface area (Å²) in [5, 5.41) is 2.09. The van der Waals surface area contributed by atoms with Gasteiger partial charge in [0.1, 0.15) is 0 Å². The Morgan fingerprint density at radius 3 is 2.28 bits per heavy atom. The quantitative estimate of drug-likeness (QED) is 0.209. The van der Waals surface area contributed by atoms with Gasteiger partial charge in [0.25, 0.3) is 0 Å². The topological polar surface area (TPSA) is 35.5 Å². The minimum absolute atomic E-state index is 0.115. The fourth-order valence-electron chi connectivity index (χ4n) is 4.63. The van der Waals surface area contributed by atoms with E-state index >= 15 is 0 Å². The van der Waals surface area contributed by atoms with Crippen molar-refractivity contribution in [1.82, 2.24) is 0 Å². The molecule has 0 saturated carbocycles. The van der Waals surface area contributed by atoms with Crippen molar-refractivity contribution in [2.75, 3.05) is 20.3 Å². The Balaban J connectivity index is 2.46. The molecule has 0 aliphatic carbocycles. The maximum atomic E-state index is 13.1. The van der Waals surface area contributed by atoms with Crippen LogP contribution in [0.3, 0.4) is 0 Å². The van der Waals surface area contributed by atoms with Crippen LogP contribution in [0.25, 0.3) is 0 Å². The van der Waals surface area contributed by atoms with E-state index in [1.807, 2.05) is 0 Å². The molecule has 3 nitrogen and oxygen atoms in total. The Morgan fingerprint density at radius 2 is 1.79 bits per heavy atom. The van der Waals surface area contributed by atoms with Gasteiger partial charge in [-0.05, 0) is 0 Å². The molecule has 0 radical (unpaired) electrons. The van der Waals surface area contributed by atoms with E-state index in [1.54, 1.807) is 11.3 Å². The summed E-state index contributed by atoms with van der Waals surface area (Å²) in [6, 6.07) is 4.20. The Labute approximate surface area is 186 Å². The van der Waals surface area contributed by atoms with E-state index in [1.165, 1.54) is 69.4 Å². The molecule has 164 valence electrons. The second-order valence-electron chi connectivity index (χ2n) is 8.67. The predicted molar refractivity (Wildman–Crippen MR) is 126 cm³/mol. The van der Waals surface area contributed by atoms with E-state index in [0.29, 0.717) is 19.6 Å². The van der Waals surface area contributed by atoms with Crippen LogP contribution in [0.1, 0.15) is 64.2 Å². The molecule has 2 heterocycles. The van der Waals surface area contributed by atoms with E-state index in [4.69, 9.17) is 9.47 Å². The van der Waals surface area contributed by atoms with E-state index in [0.717, 1.165) is 0 Å². The first-order valence-corrected chi connectivity index (χ1v) is 20.0. The Kier molecular flexibility index (Phi) is 10.8. The van der Waals surface area contributed by atoms with Gasteiger partial charge in [0.05, 0.1) is 0 Å². The summed E-state index contributed by atoms with van der Waals surface area (Å²) in [6.07, 6.45) is 8.45. The monoisotopic (exact) mass is 528 g/mol. The van der Waals surface area contributed by atoms with Gasteiger partial charge in [-0.1, -0.05) is 0 Å². The van der Waals surface area contributed by atoms with Gasteiger partial charge in [-0.15, -0.1) is 0 Å². The molecule has 1 fully saturated rings. The minimum atomic E-state index is -2.53. The molecule has 0 aromatic carbocycles. The molecule has 0 spiro atoms.